The zero-order valence-corrected chi connectivity index (χ0v) is 10.4. The molecule has 0 bridgehead atoms. The van der Waals surface area contributed by atoms with Crippen molar-refractivity contribution in [2.45, 2.75) is 38.0 Å². The molecule has 0 spiro atoms. The van der Waals surface area contributed by atoms with Gasteiger partial charge in [-0.15, -0.1) is 0 Å². The van der Waals surface area contributed by atoms with Gasteiger partial charge in [0.1, 0.15) is 0 Å². The molecule has 0 saturated heterocycles. The van der Waals surface area contributed by atoms with E-state index in [0.29, 0.717) is 12.0 Å². The molecule has 2 N–H and O–H groups in total. The molecule has 0 saturated carbocycles. The van der Waals surface area contributed by atoms with E-state index in [2.05, 4.69) is 0 Å². The van der Waals surface area contributed by atoms with Crippen LogP contribution in [0.3, 0.4) is 0 Å². The van der Waals surface area contributed by atoms with Crippen molar-refractivity contribution >= 4 is 49.7 Å². The van der Waals surface area contributed by atoms with Gasteiger partial charge in [0.25, 0.3) is 0 Å². The standard InChI is InChI=1S/C14H18O4.Ca.2H/c1-2-3-7-10-14(12(15)16,13(17)18)11-8-5-4-6-9-11;;;/h4-6,8-9H,2-3,7,10H2,1H3,(H,15,16)(H,17,18);;;. The van der Waals surface area contributed by atoms with Crippen molar-refractivity contribution < 1.29 is 19.8 Å². The predicted octanol–water partition coefficient (Wildman–Crippen LogP) is 1.76. The van der Waals surface area contributed by atoms with Crippen LogP contribution in [0.4, 0.5) is 0 Å². The summed E-state index contributed by atoms with van der Waals surface area (Å²) in [6.07, 6.45) is 2.46. The van der Waals surface area contributed by atoms with Crippen molar-refractivity contribution in [3.63, 3.8) is 0 Å². The van der Waals surface area contributed by atoms with Crippen LogP contribution in [0, 0.1) is 0 Å². The first-order chi connectivity index (χ1) is 8.55. The van der Waals surface area contributed by atoms with Crippen LogP contribution in [0.2, 0.25) is 0 Å². The van der Waals surface area contributed by atoms with E-state index in [9.17, 15) is 19.8 Å². The van der Waals surface area contributed by atoms with Gasteiger partial charge in [0.15, 0.2) is 5.41 Å². The Balaban J connectivity index is 0.00000324. The molecule has 1 aromatic carbocycles. The second kappa shape index (κ2) is 8.56. The molecule has 0 heterocycles. The number of aliphatic carboxylic acids is 2. The van der Waals surface area contributed by atoms with E-state index in [4.69, 9.17) is 0 Å². The fourth-order valence-corrected chi connectivity index (χ4v) is 2.06. The van der Waals surface area contributed by atoms with Gasteiger partial charge in [-0.25, -0.2) is 0 Å². The Morgan fingerprint density at radius 1 is 1.05 bits per heavy atom. The SMILES string of the molecule is CCCCCC(C(=O)O)(C(=O)O)c1ccccc1.[CaH2]. The Labute approximate surface area is 142 Å². The Morgan fingerprint density at radius 2 is 1.58 bits per heavy atom. The summed E-state index contributed by atoms with van der Waals surface area (Å²) in [6.45, 7) is 1.99. The third kappa shape index (κ3) is 4.20. The summed E-state index contributed by atoms with van der Waals surface area (Å²) in [5.41, 5.74) is -1.49. The van der Waals surface area contributed by atoms with Crippen molar-refractivity contribution in [1.29, 1.82) is 0 Å². The zero-order chi connectivity index (χ0) is 13.6. The minimum absolute atomic E-state index is 0. The van der Waals surface area contributed by atoms with Gasteiger partial charge in [-0.3, -0.25) is 9.59 Å². The van der Waals surface area contributed by atoms with E-state index in [1.807, 2.05) is 6.92 Å². The molecule has 5 heteroatoms. The number of unbranched alkanes of at least 4 members (excludes halogenated alkanes) is 2. The molecule has 1 aromatic rings. The van der Waals surface area contributed by atoms with E-state index in [1.165, 1.54) is 0 Å². The molecule has 0 atom stereocenters. The van der Waals surface area contributed by atoms with Crippen molar-refractivity contribution in [3.8, 4) is 0 Å². The minimum atomic E-state index is -1.82. The Hall–Kier alpha value is -0.580. The number of benzene rings is 1. The van der Waals surface area contributed by atoms with Crippen molar-refractivity contribution in [3.05, 3.63) is 35.9 Å². The Morgan fingerprint density at radius 3 is 2.00 bits per heavy atom. The van der Waals surface area contributed by atoms with Gasteiger partial charge in [0.2, 0.25) is 0 Å². The van der Waals surface area contributed by atoms with E-state index in [0.717, 1.165) is 12.8 Å². The number of carboxylic acids is 2. The molecule has 4 nitrogen and oxygen atoms in total. The summed E-state index contributed by atoms with van der Waals surface area (Å²) in [7, 11) is 0. The van der Waals surface area contributed by atoms with Crippen molar-refractivity contribution in [2.24, 2.45) is 0 Å². The molecule has 0 aliphatic heterocycles. The van der Waals surface area contributed by atoms with Gasteiger partial charge in [-0.2, -0.15) is 0 Å². The Bertz CT molecular complexity index is 403. The van der Waals surface area contributed by atoms with Crippen LogP contribution in [0.5, 0.6) is 0 Å². The molecule has 0 aromatic heterocycles. The summed E-state index contributed by atoms with van der Waals surface area (Å²) in [5, 5.41) is 18.7. The molecule has 0 amide bonds. The molecule has 1 rings (SSSR count). The summed E-state index contributed by atoms with van der Waals surface area (Å²) >= 11 is 0. The maximum absolute atomic E-state index is 11.5. The first kappa shape index (κ1) is 18.4. The fraction of sp³-hybridized carbons (Fsp3) is 0.429. The number of carboxylic acid groups (broad SMARTS) is 2. The summed E-state index contributed by atoms with van der Waals surface area (Å²) in [6, 6.07) is 8.19. The average molecular weight is 292 g/mol. The van der Waals surface area contributed by atoms with E-state index in [1.54, 1.807) is 30.3 Å². The van der Waals surface area contributed by atoms with Crippen LogP contribution in [-0.2, 0) is 15.0 Å². The predicted molar refractivity (Wildman–Crippen MR) is 76.1 cm³/mol. The van der Waals surface area contributed by atoms with E-state index in [-0.39, 0.29) is 44.2 Å². The fourth-order valence-electron chi connectivity index (χ4n) is 2.06. The first-order valence-corrected chi connectivity index (χ1v) is 6.08. The quantitative estimate of drug-likeness (QED) is 0.456. The molecule has 102 valence electrons. The number of hydrogen-bond donors (Lipinski definition) is 2. The second-order valence-electron chi connectivity index (χ2n) is 4.34. The zero-order valence-electron chi connectivity index (χ0n) is 10.4. The molecule has 0 unspecified atom stereocenters. The normalized spacial score (nSPS) is 10.6. The van der Waals surface area contributed by atoms with Crippen LogP contribution in [0.1, 0.15) is 38.2 Å². The van der Waals surface area contributed by atoms with E-state index < -0.39 is 17.4 Å². The van der Waals surface area contributed by atoms with Crippen molar-refractivity contribution in [1.82, 2.24) is 0 Å². The molecule has 0 fully saturated rings. The molecule has 19 heavy (non-hydrogen) atoms. The summed E-state index contributed by atoms with van der Waals surface area (Å²) in [5.74, 6) is -2.59. The molecule has 0 aliphatic rings. The maximum atomic E-state index is 11.5. The van der Waals surface area contributed by atoms with Crippen LogP contribution in [0.25, 0.3) is 0 Å². The molecular weight excluding hydrogens is 272 g/mol. The Kier molecular flexibility index (Phi) is 8.30. The van der Waals surface area contributed by atoms with Crippen LogP contribution >= 0.6 is 0 Å². The van der Waals surface area contributed by atoms with Crippen LogP contribution in [-0.4, -0.2) is 59.9 Å². The molecular formula is C14H20CaO4. The van der Waals surface area contributed by atoms with Crippen LogP contribution < -0.4 is 0 Å². The van der Waals surface area contributed by atoms with Gasteiger partial charge in [0.05, 0.1) is 0 Å². The number of carbonyl (C=O) groups is 2. The summed E-state index contributed by atoms with van der Waals surface area (Å²) < 4.78 is 0. The van der Waals surface area contributed by atoms with Crippen LogP contribution in [0.15, 0.2) is 30.3 Å². The van der Waals surface area contributed by atoms with Gasteiger partial charge < -0.3 is 10.2 Å². The van der Waals surface area contributed by atoms with Gasteiger partial charge in [0, 0.05) is 0 Å². The van der Waals surface area contributed by atoms with E-state index >= 15 is 0 Å². The third-order valence-electron chi connectivity index (χ3n) is 3.15. The third-order valence-corrected chi connectivity index (χ3v) is 3.15. The van der Waals surface area contributed by atoms with Gasteiger partial charge in [-0.1, -0.05) is 56.5 Å². The van der Waals surface area contributed by atoms with Gasteiger partial charge >= 0.3 is 49.7 Å². The number of rotatable bonds is 7. The second-order valence-corrected chi connectivity index (χ2v) is 4.34. The van der Waals surface area contributed by atoms with Gasteiger partial charge in [-0.05, 0) is 12.0 Å². The topological polar surface area (TPSA) is 74.6 Å². The first-order valence-electron chi connectivity index (χ1n) is 6.08. The monoisotopic (exact) mass is 292 g/mol. The summed E-state index contributed by atoms with van der Waals surface area (Å²) in [4.78, 5) is 23.0. The number of hydrogen-bond acceptors (Lipinski definition) is 2. The molecule has 0 radical (unpaired) electrons. The van der Waals surface area contributed by atoms with Crippen molar-refractivity contribution in [2.75, 3.05) is 0 Å². The molecule has 0 aliphatic carbocycles. The average Bonchev–Trinajstić information content (AvgIpc) is 2.35.